The zero-order valence-corrected chi connectivity index (χ0v) is 11.9. The first kappa shape index (κ1) is 13.3. The van der Waals surface area contributed by atoms with E-state index in [1.807, 2.05) is 23.9 Å². The molecule has 1 unspecified atom stereocenters. The van der Waals surface area contributed by atoms with Gasteiger partial charge in [-0.05, 0) is 43.5 Å². The predicted molar refractivity (Wildman–Crippen MR) is 77.0 cm³/mol. The van der Waals surface area contributed by atoms with E-state index in [4.69, 9.17) is 11.6 Å². The number of hydrogen-bond donors (Lipinski definition) is 1. The Morgan fingerprint density at radius 3 is 2.88 bits per heavy atom. The second-order valence-electron chi connectivity index (χ2n) is 4.62. The molecule has 1 aromatic carbocycles. The summed E-state index contributed by atoms with van der Waals surface area (Å²) in [6.45, 7) is 3.26. The molecule has 3 heteroatoms. The average molecular weight is 270 g/mol. The SMILES string of the molecule is CCNC(CSc1cccc(Cl)c1)C1CCC1. The van der Waals surface area contributed by atoms with Crippen LogP contribution in [0.1, 0.15) is 26.2 Å². The second-order valence-corrected chi connectivity index (χ2v) is 6.15. The Balaban J connectivity index is 1.85. The third-order valence-electron chi connectivity index (χ3n) is 3.41. The molecule has 1 nitrogen and oxygen atoms in total. The van der Waals surface area contributed by atoms with Crippen LogP contribution >= 0.6 is 23.4 Å². The van der Waals surface area contributed by atoms with Gasteiger partial charge in [0.1, 0.15) is 0 Å². The van der Waals surface area contributed by atoms with Crippen molar-refractivity contribution in [2.45, 2.75) is 37.1 Å². The summed E-state index contributed by atoms with van der Waals surface area (Å²) in [5.74, 6) is 2.04. The van der Waals surface area contributed by atoms with Gasteiger partial charge in [-0.1, -0.05) is 31.0 Å². The summed E-state index contributed by atoms with van der Waals surface area (Å²) in [6.07, 6.45) is 4.20. The molecule has 0 radical (unpaired) electrons. The maximum Gasteiger partial charge on any atom is 0.0417 e. The van der Waals surface area contributed by atoms with E-state index in [0.717, 1.165) is 23.2 Å². The summed E-state index contributed by atoms with van der Waals surface area (Å²) < 4.78 is 0. The van der Waals surface area contributed by atoms with E-state index in [9.17, 15) is 0 Å². The summed E-state index contributed by atoms with van der Waals surface area (Å²) in [7, 11) is 0. The quantitative estimate of drug-likeness (QED) is 0.777. The Bertz CT molecular complexity index is 352. The molecule has 0 saturated heterocycles. The van der Waals surface area contributed by atoms with E-state index >= 15 is 0 Å². The van der Waals surface area contributed by atoms with Crippen LogP contribution in [-0.4, -0.2) is 18.3 Å². The smallest absolute Gasteiger partial charge is 0.0417 e. The van der Waals surface area contributed by atoms with Crippen molar-refractivity contribution in [3.8, 4) is 0 Å². The van der Waals surface area contributed by atoms with Gasteiger partial charge in [0.2, 0.25) is 0 Å². The highest BCUT2D eigenvalue weighted by atomic mass is 35.5. The molecule has 0 spiro atoms. The summed E-state index contributed by atoms with van der Waals surface area (Å²) in [5.41, 5.74) is 0. The van der Waals surface area contributed by atoms with Crippen LogP contribution in [0.25, 0.3) is 0 Å². The van der Waals surface area contributed by atoms with Crippen molar-refractivity contribution in [1.82, 2.24) is 5.32 Å². The van der Waals surface area contributed by atoms with Crippen molar-refractivity contribution in [2.75, 3.05) is 12.3 Å². The van der Waals surface area contributed by atoms with Crippen LogP contribution in [0.15, 0.2) is 29.2 Å². The summed E-state index contributed by atoms with van der Waals surface area (Å²) in [6, 6.07) is 8.81. The maximum atomic E-state index is 5.99. The highest BCUT2D eigenvalue weighted by Gasteiger charge is 2.26. The first-order valence-electron chi connectivity index (χ1n) is 6.41. The molecule has 1 saturated carbocycles. The van der Waals surface area contributed by atoms with E-state index in [1.165, 1.54) is 24.2 Å². The molecule has 0 bridgehead atoms. The van der Waals surface area contributed by atoms with Crippen molar-refractivity contribution >= 4 is 23.4 Å². The molecular formula is C14H20ClNS. The standard InChI is InChI=1S/C14H20ClNS/c1-2-16-14(11-5-3-6-11)10-17-13-8-4-7-12(15)9-13/h4,7-9,11,14,16H,2-3,5-6,10H2,1H3. The van der Waals surface area contributed by atoms with E-state index in [1.54, 1.807) is 0 Å². The predicted octanol–water partition coefficient (Wildman–Crippen LogP) is 4.21. The van der Waals surface area contributed by atoms with Gasteiger partial charge in [-0.25, -0.2) is 0 Å². The number of benzene rings is 1. The van der Waals surface area contributed by atoms with Gasteiger partial charge >= 0.3 is 0 Å². The Hall–Kier alpha value is -0.180. The first-order chi connectivity index (χ1) is 8.29. The molecule has 17 heavy (non-hydrogen) atoms. The molecule has 0 aromatic heterocycles. The van der Waals surface area contributed by atoms with Crippen molar-refractivity contribution in [2.24, 2.45) is 5.92 Å². The Morgan fingerprint density at radius 1 is 1.47 bits per heavy atom. The molecule has 0 amide bonds. The maximum absolute atomic E-state index is 5.99. The summed E-state index contributed by atoms with van der Waals surface area (Å²) in [5, 5.41) is 4.45. The second kappa shape index (κ2) is 6.67. The van der Waals surface area contributed by atoms with Gasteiger partial charge in [0.25, 0.3) is 0 Å². The van der Waals surface area contributed by atoms with Crippen LogP contribution < -0.4 is 5.32 Å². The minimum atomic E-state index is 0.665. The highest BCUT2D eigenvalue weighted by Crippen LogP contribution is 2.32. The lowest BCUT2D eigenvalue weighted by Crippen LogP contribution is -2.41. The molecule has 1 aliphatic carbocycles. The lowest BCUT2D eigenvalue weighted by Gasteiger charge is -2.34. The molecule has 1 N–H and O–H groups in total. The van der Waals surface area contributed by atoms with E-state index in [-0.39, 0.29) is 0 Å². The number of rotatable bonds is 6. The molecule has 1 aromatic rings. The van der Waals surface area contributed by atoms with Crippen molar-refractivity contribution < 1.29 is 0 Å². The fourth-order valence-corrected chi connectivity index (χ4v) is 3.61. The fraction of sp³-hybridized carbons (Fsp3) is 0.571. The number of nitrogens with one attached hydrogen (secondary N) is 1. The van der Waals surface area contributed by atoms with Crippen LogP contribution in [0, 0.1) is 5.92 Å². The molecule has 1 fully saturated rings. The van der Waals surface area contributed by atoms with Crippen LogP contribution in [0.3, 0.4) is 0 Å². The molecule has 1 aliphatic rings. The normalized spacial score (nSPS) is 17.8. The lowest BCUT2D eigenvalue weighted by atomic mass is 9.80. The zero-order chi connectivity index (χ0) is 12.1. The highest BCUT2D eigenvalue weighted by molar-refractivity contribution is 7.99. The minimum absolute atomic E-state index is 0.665. The molecule has 94 valence electrons. The van der Waals surface area contributed by atoms with Crippen molar-refractivity contribution in [3.05, 3.63) is 29.3 Å². The largest absolute Gasteiger partial charge is 0.313 e. The van der Waals surface area contributed by atoms with Gasteiger partial charge < -0.3 is 5.32 Å². The van der Waals surface area contributed by atoms with Crippen LogP contribution in [0.2, 0.25) is 5.02 Å². The molecule has 0 heterocycles. The van der Waals surface area contributed by atoms with E-state index in [2.05, 4.69) is 24.4 Å². The lowest BCUT2D eigenvalue weighted by molar-refractivity contribution is 0.246. The fourth-order valence-electron chi connectivity index (χ4n) is 2.21. The van der Waals surface area contributed by atoms with Gasteiger partial charge in [-0.2, -0.15) is 0 Å². The number of hydrogen-bond acceptors (Lipinski definition) is 2. The third kappa shape index (κ3) is 3.90. The Morgan fingerprint density at radius 2 is 2.29 bits per heavy atom. The van der Waals surface area contributed by atoms with Gasteiger partial charge in [0, 0.05) is 21.7 Å². The third-order valence-corrected chi connectivity index (χ3v) is 4.76. The van der Waals surface area contributed by atoms with Crippen LogP contribution in [0.5, 0.6) is 0 Å². The topological polar surface area (TPSA) is 12.0 Å². The monoisotopic (exact) mass is 269 g/mol. The Labute approximate surface area is 113 Å². The van der Waals surface area contributed by atoms with Crippen LogP contribution in [-0.2, 0) is 0 Å². The minimum Gasteiger partial charge on any atom is -0.313 e. The Kier molecular flexibility index (Phi) is 5.20. The van der Waals surface area contributed by atoms with E-state index in [0.29, 0.717) is 6.04 Å². The molecule has 1 atom stereocenters. The molecular weight excluding hydrogens is 250 g/mol. The number of thioether (sulfide) groups is 1. The zero-order valence-electron chi connectivity index (χ0n) is 10.3. The van der Waals surface area contributed by atoms with Crippen LogP contribution in [0.4, 0.5) is 0 Å². The van der Waals surface area contributed by atoms with Gasteiger partial charge in [-0.15, -0.1) is 11.8 Å². The summed E-state index contributed by atoms with van der Waals surface area (Å²) >= 11 is 7.91. The van der Waals surface area contributed by atoms with Gasteiger partial charge in [0.05, 0.1) is 0 Å². The van der Waals surface area contributed by atoms with Gasteiger partial charge in [-0.3, -0.25) is 0 Å². The molecule has 2 rings (SSSR count). The number of halogens is 1. The summed E-state index contributed by atoms with van der Waals surface area (Å²) in [4.78, 5) is 1.28. The van der Waals surface area contributed by atoms with Crippen molar-refractivity contribution in [3.63, 3.8) is 0 Å². The van der Waals surface area contributed by atoms with Crippen molar-refractivity contribution in [1.29, 1.82) is 0 Å². The van der Waals surface area contributed by atoms with E-state index < -0.39 is 0 Å². The molecule has 0 aliphatic heterocycles. The average Bonchev–Trinajstić information content (AvgIpc) is 2.24. The van der Waals surface area contributed by atoms with Gasteiger partial charge in [0.15, 0.2) is 0 Å². The first-order valence-corrected chi connectivity index (χ1v) is 7.77.